The average Bonchev–Trinajstić information content (AvgIpc) is 2.58. The highest BCUT2D eigenvalue weighted by Crippen LogP contribution is 2.36. The third kappa shape index (κ3) is 3.57. The molecule has 0 amide bonds. The quantitative estimate of drug-likeness (QED) is 0.880. The summed E-state index contributed by atoms with van der Waals surface area (Å²) < 4.78 is 0. The van der Waals surface area contributed by atoms with E-state index in [1.165, 1.54) is 5.56 Å². The number of aliphatic hydroxyl groups excluding tert-OH is 1. The molecule has 0 unspecified atom stereocenters. The zero-order chi connectivity index (χ0) is 17.1. The number of phenolic OH excluding ortho intramolecular Hbond substituents is 1. The fraction of sp³-hybridized carbons (Fsp3) is 0.429. The number of aromatic hydroxyl groups is 1. The lowest BCUT2D eigenvalue weighted by Crippen LogP contribution is -2.45. The second kappa shape index (κ2) is 7.27. The van der Waals surface area contributed by atoms with E-state index in [-0.39, 0.29) is 12.1 Å². The fourth-order valence-electron chi connectivity index (χ4n) is 3.63. The van der Waals surface area contributed by atoms with Crippen molar-refractivity contribution in [1.29, 1.82) is 0 Å². The Bertz CT molecular complexity index is 684. The zero-order valence-corrected chi connectivity index (χ0v) is 14.6. The van der Waals surface area contributed by atoms with Gasteiger partial charge in [0.2, 0.25) is 0 Å². The van der Waals surface area contributed by atoms with Gasteiger partial charge >= 0.3 is 0 Å². The van der Waals surface area contributed by atoms with E-state index in [1.807, 2.05) is 31.2 Å². The van der Waals surface area contributed by atoms with Crippen molar-refractivity contribution in [3.8, 4) is 5.75 Å². The highest BCUT2D eigenvalue weighted by Gasteiger charge is 2.30. The number of benzene rings is 2. The maximum absolute atomic E-state index is 10.6. The summed E-state index contributed by atoms with van der Waals surface area (Å²) in [6, 6.07) is 14.2. The molecule has 1 saturated carbocycles. The predicted octanol–water partition coefficient (Wildman–Crippen LogP) is 4.32. The number of nitrogens with zero attached hydrogens (tertiary/aromatic N) is 1. The maximum Gasteiger partial charge on any atom is 0.139 e. The first-order chi connectivity index (χ1) is 11.6. The lowest BCUT2D eigenvalue weighted by molar-refractivity contribution is 0.103. The Kier molecular flexibility index (Phi) is 5.10. The summed E-state index contributed by atoms with van der Waals surface area (Å²) in [5, 5.41) is 21.1. The average molecular weight is 325 g/mol. The van der Waals surface area contributed by atoms with Gasteiger partial charge in [0.15, 0.2) is 0 Å². The fourth-order valence-corrected chi connectivity index (χ4v) is 3.63. The largest absolute Gasteiger partial charge is 0.506 e. The van der Waals surface area contributed by atoms with Crippen molar-refractivity contribution in [2.45, 2.75) is 58.2 Å². The Hall–Kier alpha value is -2.00. The number of rotatable bonds is 4. The van der Waals surface area contributed by atoms with Crippen molar-refractivity contribution in [3.05, 3.63) is 59.2 Å². The summed E-state index contributed by atoms with van der Waals surface area (Å²) in [7, 11) is 0. The Labute approximate surface area is 144 Å². The van der Waals surface area contributed by atoms with E-state index < -0.39 is 0 Å². The van der Waals surface area contributed by atoms with E-state index >= 15 is 0 Å². The first kappa shape index (κ1) is 16.8. The van der Waals surface area contributed by atoms with Crippen LogP contribution < -0.4 is 4.90 Å². The standard InChI is InChI=1S/C21H27NO2/c1-15-12-19(21(24)13-16(15)2)22(14-17-8-4-3-5-9-17)18-10-6-7-11-20(18)23/h3-5,8-9,12-13,18,20,23-24H,6-7,10-11,14H2,1-2H3/t18-,20-/m0/s1. The first-order valence-corrected chi connectivity index (χ1v) is 8.85. The summed E-state index contributed by atoms with van der Waals surface area (Å²) in [5.74, 6) is 0.298. The Morgan fingerprint density at radius 2 is 1.67 bits per heavy atom. The number of aryl methyl sites for hydroxylation is 2. The van der Waals surface area contributed by atoms with Crippen molar-refractivity contribution in [3.63, 3.8) is 0 Å². The van der Waals surface area contributed by atoms with Crippen molar-refractivity contribution < 1.29 is 10.2 Å². The zero-order valence-electron chi connectivity index (χ0n) is 14.6. The molecule has 0 saturated heterocycles. The second-order valence-electron chi connectivity index (χ2n) is 6.96. The molecule has 0 radical (unpaired) electrons. The van der Waals surface area contributed by atoms with Gasteiger partial charge in [-0.05, 0) is 55.5 Å². The molecule has 0 spiro atoms. The third-order valence-electron chi connectivity index (χ3n) is 5.19. The molecule has 3 rings (SSSR count). The monoisotopic (exact) mass is 325 g/mol. The van der Waals surface area contributed by atoms with Crippen LogP contribution in [0.1, 0.15) is 42.4 Å². The molecule has 1 aliphatic carbocycles. The van der Waals surface area contributed by atoms with Crippen molar-refractivity contribution in [2.24, 2.45) is 0 Å². The van der Waals surface area contributed by atoms with Gasteiger partial charge in [-0.15, -0.1) is 0 Å². The molecule has 0 aromatic heterocycles. The van der Waals surface area contributed by atoms with E-state index in [2.05, 4.69) is 30.0 Å². The normalized spacial score (nSPS) is 20.8. The van der Waals surface area contributed by atoms with Gasteiger partial charge in [-0.25, -0.2) is 0 Å². The number of anilines is 1. The molecular formula is C21H27NO2. The SMILES string of the molecule is Cc1cc(O)c(N(Cc2ccccc2)[C@H]2CCCC[C@@H]2O)cc1C. The summed E-state index contributed by atoms with van der Waals surface area (Å²) in [6.45, 7) is 4.77. The molecule has 0 heterocycles. The van der Waals surface area contributed by atoms with E-state index in [1.54, 1.807) is 0 Å². The molecule has 0 bridgehead atoms. The van der Waals surface area contributed by atoms with Crippen LogP contribution in [0.4, 0.5) is 5.69 Å². The van der Waals surface area contributed by atoms with Gasteiger partial charge in [-0.2, -0.15) is 0 Å². The minimum absolute atomic E-state index is 0.0481. The Morgan fingerprint density at radius 1 is 1.00 bits per heavy atom. The molecule has 2 aromatic rings. The molecule has 2 aromatic carbocycles. The van der Waals surface area contributed by atoms with Crippen molar-refractivity contribution >= 4 is 5.69 Å². The van der Waals surface area contributed by atoms with Crippen LogP contribution in [-0.4, -0.2) is 22.4 Å². The molecule has 24 heavy (non-hydrogen) atoms. The number of hydrogen-bond acceptors (Lipinski definition) is 3. The van der Waals surface area contributed by atoms with E-state index in [0.29, 0.717) is 12.3 Å². The highest BCUT2D eigenvalue weighted by molar-refractivity contribution is 5.62. The van der Waals surface area contributed by atoms with Crippen LogP contribution in [-0.2, 0) is 6.54 Å². The van der Waals surface area contributed by atoms with Gasteiger partial charge in [0.1, 0.15) is 5.75 Å². The molecule has 2 atom stereocenters. The highest BCUT2D eigenvalue weighted by atomic mass is 16.3. The molecule has 3 nitrogen and oxygen atoms in total. The van der Waals surface area contributed by atoms with E-state index in [9.17, 15) is 10.2 Å². The van der Waals surface area contributed by atoms with Crippen LogP contribution in [0, 0.1) is 13.8 Å². The molecule has 2 N–H and O–H groups in total. The smallest absolute Gasteiger partial charge is 0.139 e. The summed E-state index contributed by atoms with van der Waals surface area (Å²) in [5.41, 5.74) is 4.26. The van der Waals surface area contributed by atoms with Gasteiger partial charge < -0.3 is 15.1 Å². The maximum atomic E-state index is 10.6. The third-order valence-corrected chi connectivity index (χ3v) is 5.19. The first-order valence-electron chi connectivity index (χ1n) is 8.85. The van der Waals surface area contributed by atoms with Gasteiger partial charge in [0.05, 0.1) is 17.8 Å². The van der Waals surface area contributed by atoms with Gasteiger partial charge in [0, 0.05) is 6.54 Å². The number of phenols is 1. The van der Waals surface area contributed by atoms with Crippen molar-refractivity contribution in [2.75, 3.05) is 4.90 Å². The minimum atomic E-state index is -0.344. The molecular weight excluding hydrogens is 298 g/mol. The lowest BCUT2D eigenvalue weighted by Gasteiger charge is -2.39. The number of hydrogen-bond donors (Lipinski definition) is 2. The van der Waals surface area contributed by atoms with E-state index in [4.69, 9.17) is 0 Å². The topological polar surface area (TPSA) is 43.7 Å². The van der Waals surface area contributed by atoms with Gasteiger partial charge in [-0.1, -0.05) is 43.2 Å². The molecule has 1 fully saturated rings. The Morgan fingerprint density at radius 3 is 2.38 bits per heavy atom. The second-order valence-corrected chi connectivity index (χ2v) is 6.96. The van der Waals surface area contributed by atoms with Crippen LogP contribution in [0.5, 0.6) is 5.75 Å². The minimum Gasteiger partial charge on any atom is -0.506 e. The van der Waals surface area contributed by atoms with Crippen LogP contribution in [0.15, 0.2) is 42.5 Å². The van der Waals surface area contributed by atoms with E-state index in [0.717, 1.165) is 42.5 Å². The van der Waals surface area contributed by atoms with Crippen molar-refractivity contribution in [1.82, 2.24) is 0 Å². The summed E-state index contributed by atoms with van der Waals surface area (Å²) in [4.78, 5) is 2.20. The molecule has 128 valence electrons. The summed E-state index contributed by atoms with van der Waals surface area (Å²) >= 11 is 0. The van der Waals surface area contributed by atoms with Crippen LogP contribution in [0.2, 0.25) is 0 Å². The van der Waals surface area contributed by atoms with Gasteiger partial charge in [-0.3, -0.25) is 0 Å². The predicted molar refractivity (Wildman–Crippen MR) is 98.5 cm³/mol. The molecule has 1 aliphatic rings. The van der Waals surface area contributed by atoms with Crippen LogP contribution in [0.3, 0.4) is 0 Å². The lowest BCUT2D eigenvalue weighted by atomic mass is 9.90. The number of aliphatic hydroxyl groups is 1. The van der Waals surface area contributed by atoms with Crippen LogP contribution >= 0.6 is 0 Å². The van der Waals surface area contributed by atoms with Crippen LogP contribution in [0.25, 0.3) is 0 Å². The Balaban J connectivity index is 1.99. The molecule has 3 heteroatoms. The molecule has 0 aliphatic heterocycles. The van der Waals surface area contributed by atoms with Gasteiger partial charge in [0.25, 0.3) is 0 Å². The summed E-state index contributed by atoms with van der Waals surface area (Å²) in [6.07, 6.45) is 3.65.